The van der Waals surface area contributed by atoms with Crippen molar-refractivity contribution in [2.75, 3.05) is 0 Å². The minimum Gasteiger partial charge on any atom is -0.480 e. The molecule has 0 fully saturated rings. The van der Waals surface area contributed by atoms with E-state index < -0.39 is 12.0 Å². The predicted octanol–water partition coefficient (Wildman–Crippen LogP) is 6.77. The molecule has 0 spiro atoms. The van der Waals surface area contributed by atoms with Crippen LogP contribution in [0.4, 0.5) is 0 Å². The number of carboxylic acids is 1. The smallest absolute Gasteiger partial charge is 0.326 e. The Kier molecular flexibility index (Phi) is 18.4. The Morgan fingerprint density at radius 3 is 1.73 bits per heavy atom. The molecule has 0 heterocycles. The summed E-state index contributed by atoms with van der Waals surface area (Å²) in [7, 11) is 0. The Bertz CT molecular complexity index is 604. The van der Waals surface area contributed by atoms with Crippen LogP contribution >= 0.6 is 0 Å². The maximum atomic E-state index is 11.9. The van der Waals surface area contributed by atoms with Gasteiger partial charge in [-0.15, -0.1) is 0 Å². The predicted molar refractivity (Wildman–Crippen MR) is 129 cm³/mol. The number of aliphatic carboxylic acids is 1. The van der Waals surface area contributed by atoms with Gasteiger partial charge in [-0.3, -0.25) is 4.79 Å². The molecule has 0 saturated heterocycles. The van der Waals surface area contributed by atoms with Crippen LogP contribution in [0, 0.1) is 5.92 Å². The van der Waals surface area contributed by atoms with Crippen LogP contribution in [0.25, 0.3) is 0 Å². The van der Waals surface area contributed by atoms with E-state index in [1.54, 1.807) is 0 Å². The van der Waals surface area contributed by atoms with Gasteiger partial charge in [0.05, 0.1) is 0 Å². The largest absolute Gasteiger partial charge is 0.480 e. The van der Waals surface area contributed by atoms with E-state index in [9.17, 15) is 9.59 Å². The van der Waals surface area contributed by atoms with E-state index in [0.29, 0.717) is 12.8 Å². The highest BCUT2D eigenvalue weighted by molar-refractivity contribution is 5.83. The fraction of sp³-hybridized carbons (Fsp3) is 0.538. The third kappa shape index (κ3) is 19.0. The molecule has 0 bridgehead atoms. The summed E-state index contributed by atoms with van der Waals surface area (Å²) in [5.74, 6) is -0.919. The molecule has 0 aliphatic carbocycles. The molecular formula is C26H43NO3. The normalized spacial score (nSPS) is 13.6. The zero-order valence-corrected chi connectivity index (χ0v) is 19.1. The molecule has 4 heteroatoms. The minimum atomic E-state index is -0.963. The van der Waals surface area contributed by atoms with Crippen molar-refractivity contribution < 1.29 is 16.1 Å². The SMILES string of the molecule is CC/C=C\C/C=C\C/C=C\C/C=C\C/C=C\CCCC(=O)N[C@@H](CC(C)C)C(=O)O.[HH]. The van der Waals surface area contributed by atoms with Gasteiger partial charge in [0.1, 0.15) is 6.04 Å². The third-order valence-corrected chi connectivity index (χ3v) is 4.27. The minimum absolute atomic E-state index is 0. The Morgan fingerprint density at radius 2 is 1.30 bits per heavy atom. The van der Waals surface area contributed by atoms with Crippen LogP contribution in [0.2, 0.25) is 0 Å². The molecule has 0 unspecified atom stereocenters. The van der Waals surface area contributed by atoms with Gasteiger partial charge in [-0.05, 0) is 57.3 Å². The van der Waals surface area contributed by atoms with Crippen LogP contribution in [-0.4, -0.2) is 23.0 Å². The molecule has 0 aromatic carbocycles. The van der Waals surface area contributed by atoms with Gasteiger partial charge in [0.25, 0.3) is 0 Å². The molecule has 1 amide bonds. The molecule has 2 N–H and O–H groups in total. The van der Waals surface area contributed by atoms with Crippen molar-refractivity contribution >= 4 is 11.9 Å². The number of hydrogen-bond acceptors (Lipinski definition) is 2. The lowest BCUT2D eigenvalue weighted by Gasteiger charge is -2.16. The van der Waals surface area contributed by atoms with Crippen LogP contribution in [0.5, 0.6) is 0 Å². The summed E-state index contributed by atoms with van der Waals surface area (Å²) in [6.07, 6.45) is 28.9. The van der Waals surface area contributed by atoms with Gasteiger partial charge < -0.3 is 10.4 Å². The van der Waals surface area contributed by atoms with Crippen molar-refractivity contribution in [1.82, 2.24) is 5.32 Å². The lowest BCUT2D eigenvalue weighted by molar-refractivity contribution is -0.142. The molecule has 0 aromatic heterocycles. The van der Waals surface area contributed by atoms with Crippen molar-refractivity contribution in [3.63, 3.8) is 0 Å². The monoisotopic (exact) mass is 417 g/mol. The number of hydrogen-bond donors (Lipinski definition) is 2. The first kappa shape index (κ1) is 27.6. The van der Waals surface area contributed by atoms with Gasteiger partial charge in [-0.2, -0.15) is 0 Å². The number of amides is 1. The van der Waals surface area contributed by atoms with Gasteiger partial charge in [0.2, 0.25) is 5.91 Å². The van der Waals surface area contributed by atoms with Crippen molar-refractivity contribution in [3.8, 4) is 0 Å². The first-order valence-electron chi connectivity index (χ1n) is 11.2. The van der Waals surface area contributed by atoms with Crippen molar-refractivity contribution in [2.24, 2.45) is 5.92 Å². The second-order valence-electron chi connectivity index (χ2n) is 7.69. The van der Waals surface area contributed by atoms with Crippen LogP contribution in [0.3, 0.4) is 0 Å². The molecule has 170 valence electrons. The van der Waals surface area contributed by atoms with E-state index in [1.807, 2.05) is 13.8 Å². The molecule has 0 saturated carbocycles. The molecule has 4 nitrogen and oxygen atoms in total. The van der Waals surface area contributed by atoms with Crippen LogP contribution in [0.1, 0.15) is 80.0 Å². The molecule has 0 radical (unpaired) electrons. The zero-order chi connectivity index (χ0) is 22.5. The van der Waals surface area contributed by atoms with E-state index in [2.05, 4.69) is 73.0 Å². The van der Waals surface area contributed by atoms with Gasteiger partial charge in [-0.1, -0.05) is 81.5 Å². The summed E-state index contributed by atoms with van der Waals surface area (Å²) < 4.78 is 0. The number of carbonyl (C=O) groups excluding carboxylic acids is 1. The van der Waals surface area contributed by atoms with Gasteiger partial charge >= 0.3 is 5.97 Å². The molecule has 0 aliphatic rings. The average molecular weight is 418 g/mol. The van der Waals surface area contributed by atoms with Crippen LogP contribution in [0.15, 0.2) is 60.8 Å². The number of carbonyl (C=O) groups is 2. The molecule has 0 aromatic rings. The number of carboxylic acid groups (broad SMARTS) is 1. The van der Waals surface area contributed by atoms with E-state index in [0.717, 1.165) is 44.9 Å². The number of rotatable bonds is 17. The Balaban J connectivity index is 0. The van der Waals surface area contributed by atoms with E-state index in [1.165, 1.54) is 0 Å². The molecule has 30 heavy (non-hydrogen) atoms. The second-order valence-corrected chi connectivity index (χ2v) is 7.69. The zero-order valence-electron chi connectivity index (χ0n) is 19.1. The van der Waals surface area contributed by atoms with Crippen molar-refractivity contribution in [1.29, 1.82) is 0 Å². The summed E-state index contributed by atoms with van der Waals surface area (Å²) in [6, 6.07) is -0.786. The Labute approximate surface area is 185 Å². The molecule has 0 aliphatic heterocycles. The van der Waals surface area contributed by atoms with Crippen LogP contribution in [-0.2, 0) is 9.59 Å². The highest BCUT2D eigenvalue weighted by Gasteiger charge is 2.20. The van der Waals surface area contributed by atoms with Crippen LogP contribution < -0.4 is 5.32 Å². The lowest BCUT2D eigenvalue weighted by atomic mass is 10.0. The first-order chi connectivity index (χ1) is 14.5. The number of unbranched alkanes of at least 4 members (excludes halogenated alkanes) is 1. The van der Waals surface area contributed by atoms with Crippen molar-refractivity contribution in [3.05, 3.63) is 60.8 Å². The third-order valence-electron chi connectivity index (χ3n) is 4.27. The van der Waals surface area contributed by atoms with Crippen molar-refractivity contribution in [2.45, 2.75) is 84.6 Å². The van der Waals surface area contributed by atoms with Gasteiger partial charge in [-0.25, -0.2) is 4.79 Å². The summed E-state index contributed by atoms with van der Waals surface area (Å²) in [6.45, 7) is 6.04. The Morgan fingerprint density at radius 1 is 0.833 bits per heavy atom. The second kappa shape index (κ2) is 19.9. The molecular weight excluding hydrogens is 374 g/mol. The summed E-state index contributed by atoms with van der Waals surface area (Å²) >= 11 is 0. The van der Waals surface area contributed by atoms with E-state index in [4.69, 9.17) is 5.11 Å². The van der Waals surface area contributed by atoms with Gasteiger partial charge in [0, 0.05) is 7.85 Å². The van der Waals surface area contributed by atoms with E-state index >= 15 is 0 Å². The van der Waals surface area contributed by atoms with E-state index in [-0.39, 0.29) is 13.3 Å². The summed E-state index contributed by atoms with van der Waals surface area (Å²) in [5.41, 5.74) is 0. The average Bonchev–Trinajstić information content (AvgIpc) is 2.69. The quantitative estimate of drug-likeness (QED) is 0.203. The highest BCUT2D eigenvalue weighted by atomic mass is 16.4. The van der Waals surface area contributed by atoms with Gasteiger partial charge in [0.15, 0.2) is 0 Å². The Hall–Kier alpha value is -2.36. The summed E-state index contributed by atoms with van der Waals surface area (Å²) in [5, 5.41) is 11.8. The number of nitrogens with one attached hydrogen (secondary N) is 1. The topological polar surface area (TPSA) is 66.4 Å². The lowest BCUT2D eigenvalue weighted by Crippen LogP contribution is -2.41. The molecule has 1 atom stereocenters. The first-order valence-corrected chi connectivity index (χ1v) is 11.2. The summed E-state index contributed by atoms with van der Waals surface area (Å²) in [4.78, 5) is 23.0. The molecule has 0 rings (SSSR count). The number of allylic oxidation sites excluding steroid dienone is 10. The fourth-order valence-electron chi connectivity index (χ4n) is 2.71. The standard InChI is InChI=1S/C26H41NO3.H2/c1-4-5-6-7-8-9-10-11-12-13-14-15-16-17-18-19-20-21-25(28)27-24(26(29)30)22-23(2)3;/h5-6,8-9,11-12,14-15,17-18,23-24H,4,7,10,13,16,19-22H2,1-3H3,(H,27,28)(H,29,30);1H/b6-5-,9-8-,12-11-,15-14-,18-17-;/t24-;/m0./s1. The maximum Gasteiger partial charge on any atom is 0.326 e. The highest BCUT2D eigenvalue weighted by Crippen LogP contribution is 2.06. The maximum absolute atomic E-state index is 11.9. The fourth-order valence-corrected chi connectivity index (χ4v) is 2.71.